The summed E-state index contributed by atoms with van der Waals surface area (Å²) in [5, 5.41) is 0. The minimum absolute atomic E-state index is 0.0192. The van der Waals surface area contributed by atoms with Gasteiger partial charge in [0.15, 0.2) is 0 Å². The second-order valence-corrected chi connectivity index (χ2v) is 10.8. The van der Waals surface area contributed by atoms with Crippen LogP contribution >= 0.6 is 0 Å². The van der Waals surface area contributed by atoms with Gasteiger partial charge in [0.1, 0.15) is 18.2 Å². The number of ether oxygens (including phenoxy) is 1. The highest BCUT2D eigenvalue weighted by atomic mass is 19.1. The summed E-state index contributed by atoms with van der Waals surface area (Å²) < 4.78 is 19.7. The van der Waals surface area contributed by atoms with Gasteiger partial charge in [0.2, 0.25) is 0 Å². The molecule has 2 aliphatic heterocycles. The van der Waals surface area contributed by atoms with Crippen molar-refractivity contribution in [3.05, 3.63) is 94.8 Å². The van der Waals surface area contributed by atoms with Crippen LogP contribution in [0.15, 0.2) is 66.7 Å². The summed E-state index contributed by atoms with van der Waals surface area (Å²) in [6.45, 7) is 2.22. The van der Waals surface area contributed by atoms with Crippen LogP contribution in [0.5, 0.6) is 0 Å². The molecule has 0 radical (unpaired) electrons. The van der Waals surface area contributed by atoms with Gasteiger partial charge in [0.05, 0.1) is 0 Å². The van der Waals surface area contributed by atoms with Gasteiger partial charge in [-0.3, -0.25) is 4.79 Å². The van der Waals surface area contributed by atoms with Crippen molar-refractivity contribution >= 4 is 11.9 Å². The lowest BCUT2D eigenvalue weighted by atomic mass is 9.76. The number of carbonyl (C=O) groups excluding carboxylic acids is 2. The highest BCUT2D eigenvalue weighted by Crippen LogP contribution is 2.45. The molecule has 2 bridgehead atoms. The van der Waals surface area contributed by atoms with Gasteiger partial charge < -0.3 is 9.64 Å². The second kappa shape index (κ2) is 9.77. The molecule has 2 unspecified atom stereocenters. The van der Waals surface area contributed by atoms with Crippen LogP contribution in [0, 0.1) is 18.7 Å². The molecule has 0 N–H and O–H groups in total. The minimum atomic E-state index is -0.310. The first kappa shape index (κ1) is 23.9. The summed E-state index contributed by atoms with van der Waals surface area (Å²) in [6.07, 6.45) is 4.16. The molecule has 0 spiro atoms. The van der Waals surface area contributed by atoms with Gasteiger partial charge in [-0.15, -0.1) is 0 Å². The van der Waals surface area contributed by atoms with Crippen molar-refractivity contribution in [2.45, 2.75) is 63.5 Å². The Labute approximate surface area is 217 Å². The quantitative estimate of drug-likeness (QED) is 0.388. The normalized spacial score (nSPS) is 22.3. The van der Waals surface area contributed by atoms with E-state index in [0.717, 1.165) is 30.4 Å². The van der Waals surface area contributed by atoms with Crippen LogP contribution in [0.2, 0.25) is 0 Å². The molecule has 6 rings (SSSR count). The molecule has 2 saturated heterocycles. The fourth-order valence-corrected chi connectivity index (χ4v) is 6.77. The van der Waals surface area contributed by atoms with E-state index < -0.39 is 0 Å². The Morgan fingerprint density at radius 1 is 0.919 bits per heavy atom. The van der Waals surface area contributed by atoms with Crippen LogP contribution in [0.3, 0.4) is 0 Å². The molecule has 4 nitrogen and oxygen atoms in total. The molecule has 1 amide bonds. The van der Waals surface area contributed by atoms with E-state index in [1.807, 2.05) is 36.1 Å². The summed E-state index contributed by atoms with van der Waals surface area (Å²) in [7, 11) is 0. The van der Waals surface area contributed by atoms with Gasteiger partial charge in [-0.05, 0) is 84.5 Å². The standard InChI is InChI=1S/C32H32FNO3/c1-20-13-14-23(33)15-21(20)18-31(35)22-16-24-7-6-8-25(17-22)34(24)32(36)37-19-30-28-11-4-2-9-26(28)27-10-3-5-12-29(27)30/h2-5,9-15,22,24-25,30H,6-8,16-19H2,1H3. The monoisotopic (exact) mass is 497 g/mol. The van der Waals surface area contributed by atoms with Crippen molar-refractivity contribution in [1.82, 2.24) is 4.90 Å². The fourth-order valence-electron chi connectivity index (χ4n) is 6.77. The largest absolute Gasteiger partial charge is 0.448 e. The third-order valence-electron chi connectivity index (χ3n) is 8.65. The molecule has 0 aromatic heterocycles. The number of rotatable bonds is 5. The Kier molecular flexibility index (Phi) is 6.31. The number of carbonyl (C=O) groups is 2. The highest BCUT2D eigenvalue weighted by Gasteiger charge is 2.44. The van der Waals surface area contributed by atoms with E-state index in [2.05, 4.69) is 24.3 Å². The zero-order valence-corrected chi connectivity index (χ0v) is 21.2. The van der Waals surface area contributed by atoms with Crippen molar-refractivity contribution in [3.63, 3.8) is 0 Å². The molecule has 37 heavy (non-hydrogen) atoms. The zero-order chi connectivity index (χ0) is 25.5. The average Bonchev–Trinajstić information content (AvgIpc) is 3.22. The van der Waals surface area contributed by atoms with Crippen molar-refractivity contribution in [2.75, 3.05) is 6.61 Å². The van der Waals surface area contributed by atoms with E-state index >= 15 is 0 Å². The van der Waals surface area contributed by atoms with E-state index in [0.29, 0.717) is 19.4 Å². The summed E-state index contributed by atoms with van der Waals surface area (Å²) in [5.74, 6) is -0.228. The zero-order valence-electron chi connectivity index (χ0n) is 21.2. The van der Waals surface area contributed by atoms with Crippen molar-refractivity contribution in [2.24, 2.45) is 5.92 Å². The topological polar surface area (TPSA) is 46.6 Å². The second-order valence-electron chi connectivity index (χ2n) is 10.8. The van der Waals surface area contributed by atoms with Crippen molar-refractivity contribution in [1.29, 1.82) is 0 Å². The molecule has 3 aromatic rings. The van der Waals surface area contributed by atoms with Crippen LogP contribution in [0.4, 0.5) is 9.18 Å². The number of aryl methyl sites for hydroxylation is 1. The number of amides is 1. The van der Waals surface area contributed by atoms with E-state index in [9.17, 15) is 14.0 Å². The number of hydrogen-bond acceptors (Lipinski definition) is 3. The summed E-state index contributed by atoms with van der Waals surface area (Å²) in [6, 6.07) is 21.4. The SMILES string of the molecule is Cc1ccc(F)cc1CC(=O)C1CC2CCCC(C1)N2C(=O)OCC1c2ccccc2-c2ccccc21. The van der Waals surface area contributed by atoms with Crippen LogP contribution in [-0.4, -0.2) is 35.5 Å². The van der Waals surface area contributed by atoms with Gasteiger partial charge in [-0.1, -0.05) is 54.6 Å². The van der Waals surface area contributed by atoms with Gasteiger partial charge in [0, 0.05) is 30.3 Å². The third kappa shape index (κ3) is 4.45. The number of nitrogens with zero attached hydrogens (tertiary/aromatic N) is 1. The summed E-state index contributed by atoms with van der Waals surface area (Å²) in [5.41, 5.74) is 6.52. The van der Waals surface area contributed by atoms with Crippen LogP contribution < -0.4 is 0 Å². The maximum Gasteiger partial charge on any atom is 0.410 e. The van der Waals surface area contributed by atoms with E-state index in [4.69, 9.17) is 4.74 Å². The maximum absolute atomic E-state index is 13.7. The molecule has 3 aromatic carbocycles. The molecule has 2 heterocycles. The Morgan fingerprint density at radius 2 is 1.54 bits per heavy atom. The summed E-state index contributed by atoms with van der Waals surface area (Å²) in [4.78, 5) is 28.6. The van der Waals surface area contributed by atoms with Crippen LogP contribution in [-0.2, 0) is 16.0 Å². The number of ketones is 1. The van der Waals surface area contributed by atoms with Gasteiger partial charge in [-0.25, -0.2) is 9.18 Å². The van der Waals surface area contributed by atoms with E-state index in [1.54, 1.807) is 6.07 Å². The predicted octanol–water partition coefficient (Wildman–Crippen LogP) is 6.83. The lowest BCUT2D eigenvalue weighted by Crippen LogP contribution is -2.56. The predicted molar refractivity (Wildman–Crippen MR) is 141 cm³/mol. The summed E-state index contributed by atoms with van der Waals surface area (Å²) >= 11 is 0. The Balaban J connectivity index is 1.13. The Hall–Kier alpha value is -3.47. The Morgan fingerprint density at radius 3 is 2.19 bits per heavy atom. The smallest absolute Gasteiger partial charge is 0.410 e. The first-order chi connectivity index (χ1) is 18.0. The molecule has 0 saturated carbocycles. The first-order valence-electron chi connectivity index (χ1n) is 13.4. The third-order valence-corrected chi connectivity index (χ3v) is 8.65. The van der Waals surface area contributed by atoms with Gasteiger partial charge in [0.25, 0.3) is 0 Å². The number of piperidine rings is 2. The molecule has 5 heteroatoms. The average molecular weight is 498 g/mol. The molecular weight excluding hydrogens is 465 g/mol. The van der Waals surface area contributed by atoms with Crippen molar-refractivity contribution < 1.29 is 18.7 Å². The highest BCUT2D eigenvalue weighted by molar-refractivity contribution is 5.84. The van der Waals surface area contributed by atoms with Crippen molar-refractivity contribution in [3.8, 4) is 11.1 Å². The molecule has 3 aliphatic rings. The van der Waals surface area contributed by atoms with Crippen LogP contribution in [0.25, 0.3) is 11.1 Å². The molecule has 2 fully saturated rings. The maximum atomic E-state index is 13.7. The molecule has 190 valence electrons. The number of halogens is 1. The minimum Gasteiger partial charge on any atom is -0.448 e. The molecule has 2 atom stereocenters. The lowest BCUT2D eigenvalue weighted by molar-refractivity contribution is -0.126. The van der Waals surface area contributed by atoms with Crippen LogP contribution in [0.1, 0.15) is 60.3 Å². The first-order valence-corrected chi connectivity index (χ1v) is 13.4. The molecular formula is C32H32FNO3. The molecule has 1 aliphatic carbocycles. The number of Topliss-reactive ketones (excluding diaryl/α,β-unsaturated/α-hetero) is 1. The van der Waals surface area contributed by atoms with Gasteiger partial charge in [-0.2, -0.15) is 0 Å². The number of fused-ring (bicyclic) bond motifs is 5. The number of hydrogen-bond donors (Lipinski definition) is 0. The number of benzene rings is 3. The fraction of sp³-hybridized carbons (Fsp3) is 0.375. The van der Waals surface area contributed by atoms with E-state index in [1.165, 1.54) is 34.4 Å². The van der Waals surface area contributed by atoms with Gasteiger partial charge >= 0.3 is 6.09 Å². The lowest BCUT2D eigenvalue weighted by Gasteiger charge is -2.47. The Bertz CT molecular complexity index is 1290. The van der Waals surface area contributed by atoms with E-state index in [-0.39, 0.29) is 48.0 Å².